The molecular formula is C11H22N2O3. The molecule has 0 saturated carbocycles. The maximum Gasteiger partial charge on any atom is 0.219 e. The van der Waals surface area contributed by atoms with Crippen LogP contribution in [0.25, 0.3) is 0 Å². The zero-order valence-corrected chi connectivity index (χ0v) is 10.2. The predicted molar refractivity (Wildman–Crippen MR) is 61.2 cm³/mol. The summed E-state index contributed by atoms with van der Waals surface area (Å²) >= 11 is 0. The van der Waals surface area contributed by atoms with Crippen LogP contribution in [0.1, 0.15) is 13.8 Å². The van der Waals surface area contributed by atoms with E-state index in [1.807, 2.05) is 0 Å². The van der Waals surface area contributed by atoms with E-state index in [4.69, 9.17) is 4.74 Å². The lowest BCUT2D eigenvalue weighted by atomic mass is 10.3. The van der Waals surface area contributed by atoms with Crippen molar-refractivity contribution in [1.29, 1.82) is 0 Å². The Labute approximate surface area is 97.0 Å². The summed E-state index contributed by atoms with van der Waals surface area (Å²) < 4.78 is 5.26. The van der Waals surface area contributed by atoms with Crippen molar-refractivity contribution in [3.8, 4) is 0 Å². The van der Waals surface area contributed by atoms with Gasteiger partial charge < -0.3 is 14.7 Å². The highest BCUT2D eigenvalue weighted by molar-refractivity contribution is 5.73. The molecular weight excluding hydrogens is 208 g/mol. The second-order valence-corrected chi connectivity index (χ2v) is 4.27. The van der Waals surface area contributed by atoms with E-state index < -0.39 is 6.10 Å². The number of aliphatic hydroxyl groups excluding tert-OH is 1. The number of carbonyl (C=O) groups excluding carboxylic acids is 1. The van der Waals surface area contributed by atoms with E-state index in [9.17, 15) is 9.90 Å². The highest BCUT2D eigenvalue weighted by Gasteiger charge is 2.15. The van der Waals surface area contributed by atoms with Gasteiger partial charge in [-0.2, -0.15) is 0 Å². The van der Waals surface area contributed by atoms with Crippen molar-refractivity contribution in [3.05, 3.63) is 0 Å². The zero-order valence-electron chi connectivity index (χ0n) is 10.2. The van der Waals surface area contributed by atoms with Crippen molar-refractivity contribution >= 4 is 5.91 Å². The molecule has 1 fully saturated rings. The number of carbonyl (C=O) groups is 1. The van der Waals surface area contributed by atoms with E-state index in [1.165, 1.54) is 0 Å². The molecule has 0 aromatic carbocycles. The van der Waals surface area contributed by atoms with Crippen molar-refractivity contribution in [2.45, 2.75) is 20.0 Å². The molecule has 0 spiro atoms. The molecule has 0 aliphatic carbocycles. The van der Waals surface area contributed by atoms with Gasteiger partial charge in [-0.15, -0.1) is 0 Å². The van der Waals surface area contributed by atoms with Crippen LogP contribution in [0.15, 0.2) is 0 Å². The average molecular weight is 230 g/mol. The van der Waals surface area contributed by atoms with Gasteiger partial charge in [-0.05, 0) is 6.92 Å². The number of ether oxygens (including phenoxy) is 1. The monoisotopic (exact) mass is 230 g/mol. The minimum Gasteiger partial charge on any atom is -0.392 e. The third kappa shape index (κ3) is 4.92. The van der Waals surface area contributed by atoms with Crippen molar-refractivity contribution in [2.75, 3.05) is 45.9 Å². The number of hydrogen-bond acceptors (Lipinski definition) is 4. The van der Waals surface area contributed by atoms with E-state index >= 15 is 0 Å². The van der Waals surface area contributed by atoms with Crippen LogP contribution >= 0.6 is 0 Å². The Morgan fingerprint density at radius 2 is 2.12 bits per heavy atom. The van der Waals surface area contributed by atoms with E-state index in [0.29, 0.717) is 13.1 Å². The summed E-state index contributed by atoms with van der Waals surface area (Å²) in [5, 5.41) is 9.28. The molecule has 1 atom stereocenters. The summed E-state index contributed by atoms with van der Waals surface area (Å²) in [6, 6.07) is 0. The lowest BCUT2D eigenvalue weighted by molar-refractivity contribution is -0.130. The quantitative estimate of drug-likeness (QED) is 0.695. The number of amides is 1. The first-order valence-corrected chi connectivity index (χ1v) is 5.83. The molecule has 0 aromatic rings. The minimum atomic E-state index is -0.464. The molecule has 5 heteroatoms. The second kappa shape index (κ2) is 6.83. The van der Waals surface area contributed by atoms with Gasteiger partial charge in [-0.1, -0.05) is 0 Å². The van der Waals surface area contributed by atoms with Crippen LogP contribution in [0.5, 0.6) is 0 Å². The second-order valence-electron chi connectivity index (χ2n) is 4.27. The van der Waals surface area contributed by atoms with Crippen LogP contribution in [0.4, 0.5) is 0 Å². The fourth-order valence-electron chi connectivity index (χ4n) is 1.78. The topological polar surface area (TPSA) is 53.0 Å². The first-order valence-electron chi connectivity index (χ1n) is 5.83. The van der Waals surface area contributed by atoms with Crippen LogP contribution in [0, 0.1) is 0 Å². The van der Waals surface area contributed by atoms with E-state index in [-0.39, 0.29) is 5.91 Å². The molecule has 94 valence electrons. The van der Waals surface area contributed by atoms with Crippen molar-refractivity contribution in [2.24, 2.45) is 0 Å². The number of morpholine rings is 1. The van der Waals surface area contributed by atoms with Crippen LogP contribution in [-0.4, -0.2) is 72.9 Å². The van der Waals surface area contributed by atoms with Gasteiger partial charge in [0.15, 0.2) is 0 Å². The molecule has 0 bridgehead atoms. The van der Waals surface area contributed by atoms with Gasteiger partial charge >= 0.3 is 0 Å². The van der Waals surface area contributed by atoms with Crippen molar-refractivity contribution < 1.29 is 14.6 Å². The van der Waals surface area contributed by atoms with Gasteiger partial charge in [0.25, 0.3) is 0 Å². The Morgan fingerprint density at radius 3 is 2.62 bits per heavy atom. The summed E-state index contributed by atoms with van der Waals surface area (Å²) in [5.74, 6) is 0.0224. The Bertz CT molecular complexity index is 215. The van der Waals surface area contributed by atoms with Crippen LogP contribution in [0.3, 0.4) is 0 Å². The van der Waals surface area contributed by atoms with Gasteiger partial charge in [0.1, 0.15) is 0 Å². The molecule has 0 radical (unpaired) electrons. The molecule has 1 amide bonds. The Kier molecular flexibility index (Phi) is 5.73. The molecule has 1 heterocycles. The molecule has 1 saturated heterocycles. The lowest BCUT2D eigenvalue weighted by Crippen LogP contribution is -2.44. The van der Waals surface area contributed by atoms with Gasteiger partial charge in [0.2, 0.25) is 5.91 Å². The van der Waals surface area contributed by atoms with E-state index in [1.54, 1.807) is 18.7 Å². The third-order valence-electron chi connectivity index (χ3n) is 2.72. The lowest BCUT2D eigenvalue weighted by Gasteiger charge is -2.30. The summed E-state index contributed by atoms with van der Waals surface area (Å²) in [6.07, 6.45) is -0.464. The first kappa shape index (κ1) is 13.4. The van der Waals surface area contributed by atoms with Gasteiger partial charge in [0.05, 0.1) is 19.3 Å². The Hall–Kier alpha value is -0.650. The molecule has 1 aliphatic heterocycles. The third-order valence-corrected chi connectivity index (χ3v) is 2.72. The SMILES string of the molecule is CC(=O)N(CCN1CCOCC1)CC(C)O. The first-order chi connectivity index (χ1) is 7.59. The van der Waals surface area contributed by atoms with E-state index in [0.717, 1.165) is 32.8 Å². The minimum absolute atomic E-state index is 0.0224. The van der Waals surface area contributed by atoms with Crippen molar-refractivity contribution in [1.82, 2.24) is 9.80 Å². The molecule has 1 unspecified atom stereocenters. The van der Waals surface area contributed by atoms with Gasteiger partial charge in [0, 0.05) is 39.6 Å². The molecule has 1 aliphatic rings. The van der Waals surface area contributed by atoms with Crippen LogP contribution < -0.4 is 0 Å². The fourth-order valence-corrected chi connectivity index (χ4v) is 1.78. The molecule has 16 heavy (non-hydrogen) atoms. The normalized spacial score (nSPS) is 19.4. The van der Waals surface area contributed by atoms with Gasteiger partial charge in [-0.25, -0.2) is 0 Å². The number of hydrogen-bond donors (Lipinski definition) is 1. The Morgan fingerprint density at radius 1 is 1.50 bits per heavy atom. The van der Waals surface area contributed by atoms with Crippen molar-refractivity contribution in [3.63, 3.8) is 0 Å². The van der Waals surface area contributed by atoms with Crippen LogP contribution in [0.2, 0.25) is 0 Å². The fraction of sp³-hybridized carbons (Fsp3) is 0.909. The predicted octanol–water partition coefficient (Wildman–Crippen LogP) is -0.452. The summed E-state index contributed by atoms with van der Waals surface area (Å²) in [5.41, 5.74) is 0. The summed E-state index contributed by atoms with van der Waals surface area (Å²) in [4.78, 5) is 15.3. The summed E-state index contributed by atoms with van der Waals surface area (Å²) in [6.45, 7) is 8.61. The van der Waals surface area contributed by atoms with Crippen LogP contribution in [-0.2, 0) is 9.53 Å². The number of rotatable bonds is 5. The maximum atomic E-state index is 11.3. The maximum absolute atomic E-state index is 11.3. The molecule has 0 aromatic heterocycles. The molecule has 1 rings (SSSR count). The largest absolute Gasteiger partial charge is 0.392 e. The standard InChI is InChI=1S/C11H22N2O3/c1-10(14)9-13(11(2)15)4-3-12-5-7-16-8-6-12/h10,14H,3-9H2,1-2H3. The highest BCUT2D eigenvalue weighted by atomic mass is 16.5. The molecule has 5 nitrogen and oxygen atoms in total. The average Bonchev–Trinajstić information content (AvgIpc) is 2.25. The molecule has 1 N–H and O–H groups in total. The Balaban J connectivity index is 2.28. The van der Waals surface area contributed by atoms with Gasteiger partial charge in [-0.3, -0.25) is 9.69 Å². The number of nitrogens with zero attached hydrogens (tertiary/aromatic N) is 2. The smallest absolute Gasteiger partial charge is 0.219 e. The zero-order chi connectivity index (χ0) is 12.0. The number of aliphatic hydroxyl groups is 1. The highest BCUT2D eigenvalue weighted by Crippen LogP contribution is 1.99. The summed E-state index contributed by atoms with van der Waals surface area (Å²) in [7, 11) is 0. The van der Waals surface area contributed by atoms with E-state index in [2.05, 4.69) is 4.90 Å².